The summed E-state index contributed by atoms with van der Waals surface area (Å²) in [5.41, 5.74) is 7.50. The predicted octanol–water partition coefficient (Wildman–Crippen LogP) is 3.86. The standard InChI is InChI=1S/C26H21N3O4S/c27-25(32)18-7-11-20(12-8-18)29-24(31)16-22(26(29)33)34-21-13-9-19(10-14-21)28-23(30)15-6-17-4-2-1-3-5-17/h1-15,22H,16H2,(H2,27,32)(H,28,30)/b15-6+. The molecular formula is C26H21N3O4S. The summed E-state index contributed by atoms with van der Waals surface area (Å²) in [7, 11) is 0. The van der Waals surface area contributed by atoms with Gasteiger partial charge in [-0.05, 0) is 60.2 Å². The molecule has 0 aliphatic carbocycles. The van der Waals surface area contributed by atoms with Gasteiger partial charge in [0.1, 0.15) is 0 Å². The van der Waals surface area contributed by atoms with E-state index in [4.69, 9.17) is 5.73 Å². The zero-order chi connectivity index (χ0) is 24.1. The van der Waals surface area contributed by atoms with Gasteiger partial charge in [-0.3, -0.25) is 19.2 Å². The molecule has 1 aliphatic rings. The van der Waals surface area contributed by atoms with E-state index in [9.17, 15) is 19.2 Å². The van der Waals surface area contributed by atoms with E-state index in [0.717, 1.165) is 15.4 Å². The van der Waals surface area contributed by atoms with Crippen molar-refractivity contribution in [3.8, 4) is 0 Å². The minimum Gasteiger partial charge on any atom is -0.366 e. The number of rotatable bonds is 7. The molecule has 0 bridgehead atoms. The molecule has 3 aromatic rings. The molecule has 4 amide bonds. The largest absolute Gasteiger partial charge is 0.366 e. The quantitative estimate of drug-likeness (QED) is 0.402. The van der Waals surface area contributed by atoms with Crippen LogP contribution in [0.1, 0.15) is 22.3 Å². The van der Waals surface area contributed by atoms with Crippen molar-refractivity contribution in [3.63, 3.8) is 0 Å². The second-order valence-corrected chi connectivity index (χ2v) is 8.82. The fraction of sp³-hybridized carbons (Fsp3) is 0.0769. The highest BCUT2D eigenvalue weighted by Gasteiger charge is 2.40. The average Bonchev–Trinajstić information content (AvgIpc) is 3.12. The number of nitrogens with zero attached hydrogens (tertiary/aromatic N) is 1. The van der Waals surface area contributed by atoms with Gasteiger partial charge in [-0.15, -0.1) is 11.8 Å². The van der Waals surface area contributed by atoms with Crippen LogP contribution in [0.15, 0.2) is 89.8 Å². The van der Waals surface area contributed by atoms with Gasteiger partial charge in [0.05, 0.1) is 10.9 Å². The Morgan fingerprint density at radius 1 is 0.941 bits per heavy atom. The summed E-state index contributed by atoms with van der Waals surface area (Å²) in [6.45, 7) is 0. The highest BCUT2D eigenvalue weighted by molar-refractivity contribution is 8.00. The lowest BCUT2D eigenvalue weighted by Crippen LogP contribution is -2.31. The first-order valence-corrected chi connectivity index (χ1v) is 11.4. The van der Waals surface area contributed by atoms with E-state index in [-0.39, 0.29) is 24.1 Å². The molecule has 1 atom stereocenters. The summed E-state index contributed by atoms with van der Waals surface area (Å²) in [6.07, 6.45) is 3.27. The van der Waals surface area contributed by atoms with Gasteiger partial charge >= 0.3 is 0 Å². The molecule has 0 saturated carbocycles. The SMILES string of the molecule is NC(=O)c1ccc(N2C(=O)CC(Sc3ccc(NC(=O)/C=C/c4ccccc4)cc3)C2=O)cc1. The van der Waals surface area contributed by atoms with Crippen LogP contribution in [0.25, 0.3) is 6.08 Å². The topological polar surface area (TPSA) is 110 Å². The number of anilines is 2. The average molecular weight is 472 g/mol. The molecule has 0 radical (unpaired) electrons. The van der Waals surface area contributed by atoms with Crippen molar-refractivity contribution in [1.82, 2.24) is 0 Å². The van der Waals surface area contributed by atoms with Crippen molar-refractivity contribution in [2.24, 2.45) is 5.73 Å². The second-order valence-electron chi connectivity index (χ2n) is 7.55. The Kier molecular flexibility index (Phi) is 6.89. The molecule has 0 spiro atoms. The Labute approximate surface area is 200 Å². The number of carbonyl (C=O) groups is 4. The Morgan fingerprint density at radius 3 is 2.26 bits per heavy atom. The van der Waals surface area contributed by atoms with Crippen LogP contribution in [-0.2, 0) is 14.4 Å². The summed E-state index contributed by atoms with van der Waals surface area (Å²) in [6, 6.07) is 22.6. The zero-order valence-corrected chi connectivity index (χ0v) is 18.8. The molecule has 3 N–H and O–H groups in total. The maximum Gasteiger partial charge on any atom is 0.248 e. The third-order valence-corrected chi connectivity index (χ3v) is 6.34. The van der Waals surface area contributed by atoms with Gasteiger partial charge in [0.25, 0.3) is 0 Å². The Morgan fingerprint density at radius 2 is 1.62 bits per heavy atom. The molecular weight excluding hydrogens is 450 g/mol. The fourth-order valence-electron chi connectivity index (χ4n) is 3.44. The van der Waals surface area contributed by atoms with Crippen LogP contribution in [0.5, 0.6) is 0 Å². The lowest BCUT2D eigenvalue weighted by atomic mass is 10.2. The molecule has 1 heterocycles. The Balaban J connectivity index is 1.36. The highest BCUT2D eigenvalue weighted by atomic mass is 32.2. The number of imide groups is 1. The van der Waals surface area contributed by atoms with Crippen molar-refractivity contribution in [2.75, 3.05) is 10.2 Å². The summed E-state index contributed by atoms with van der Waals surface area (Å²) >= 11 is 1.29. The van der Waals surface area contributed by atoms with Gasteiger partial charge in [-0.1, -0.05) is 30.3 Å². The van der Waals surface area contributed by atoms with Gasteiger partial charge < -0.3 is 11.1 Å². The van der Waals surface area contributed by atoms with Crippen LogP contribution in [0.4, 0.5) is 11.4 Å². The van der Waals surface area contributed by atoms with Crippen molar-refractivity contribution >= 4 is 52.8 Å². The third-order valence-electron chi connectivity index (χ3n) is 5.14. The van der Waals surface area contributed by atoms with E-state index in [0.29, 0.717) is 16.9 Å². The third kappa shape index (κ3) is 5.41. The fourth-order valence-corrected chi connectivity index (χ4v) is 4.50. The van der Waals surface area contributed by atoms with Crippen molar-refractivity contribution in [1.29, 1.82) is 0 Å². The van der Waals surface area contributed by atoms with Crippen molar-refractivity contribution < 1.29 is 19.2 Å². The van der Waals surface area contributed by atoms with Crippen LogP contribution >= 0.6 is 11.8 Å². The number of hydrogen-bond acceptors (Lipinski definition) is 5. The van der Waals surface area contributed by atoms with E-state index in [1.807, 2.05) is 30.3 Å². The molecule has 3 aromatic carbocycles. The molecule has 8 heteroatoms. The first-order valence-electron chi connectivity index (χ1n) is 10.5. The summed E-state index contributed by atoms with van der Waals surface area (Å²) in [5, 5.41) is 2.23. The maximum atomic E-state index is 12.9. The van der Waals surface area contributed by atoms with Gasteiger partial charge in [-0.25, -0.2) is 4.90 Å². The van der Waals surface area contributed by atoms with Crippen molar-refractivity contribution in [3.05, 3.63) is 96.1 Å². The summed E-state index contributed by atoms with van der Waals surface area (Å²) in [5.74, 6) is -1.45. The zero-order valence-electron chi connectivity index (χ0n) is 18.0. The van der Waals surface area contributed by atoms with E-state index < -0.39 is 11.2 Å². The number of hydrogen-bond donors (Lipinski definition) is 2. The van der Waals surface area contributed by atoms with E-state index in [1.165, 1.54) is 42.1 Å². The van der Waals surface area contributed by atoms with Crippen LogP contribution in [0.2, 0.25) is 0 Å². The Bertz CT molecular complexity index is 1260. The van der Waals surface area contributed by atoms with Crippen LogP contribution in [-0.4, -0.2) is 28.9 Å². The number of thioether (sulfide) groups is 1. The monoisotopic (exact) mass is 471 g/mol. The predicted molar refractivity (Wildman–Crippen MR) is 132 cm³/mol. The van der Waals surface area contributed by atoms with Gasteiger partial charge in [-0.2, -0.15) is 0 Å². The van der Waals surface area contributed by atoms with E-state index in [2.05, 4.69) is 5.32 Å². The number of amides is 4. The van der Waals surface area contributed by atoms with Crippen LogP contribution in [0, 0.1) is 0 Å². The number of nitrogens with one attached hydrogen (secondary N) is 1. The van der Waals surface area contributed by atoms with Gasteiger partial charge in [0.15, 0.2) is 0 Å². The summed E-state index contributed by atoms with van der Waals surface area (Å²) < 4.78 is 0. The molecule has 170 valence electrons. The van der Waals surface area contributed by atoms with E-state index >= 15 is 0 Å². The first kappa shape index (κ1) is 23.0. The minimum absolute atomic E-state index is 0.0733. The number of benzene rings is 3. The van der Waals surface area contributed by atoms with Crippen LogP contribution < -0.4 is 16.0 Å². The molecule has 34 heavy (non-hydrogen) atoms. The number of carbonyl (C=O) groups excluding carboxylic acids is 4. The smallest absolute Gasteiger partial charge is 0.248 e. The molecule has 1 saturated heterocycles. The lowest BCUT2D eigenvalue weighted by molar-refractivity contribution is -0.121. The second kappa shape index (κ2) is 10.2. The molecule has 7 nitrogen and oxygen atoms in total. The van der Waals surface area contributed by atoms with Gasteiger partial charge in [0, 0.05) is 28.6 Å². The highest BCUT2D eigenvalue weighted by Crippen LogP contribution is 2.34. The first-order chi connectivity index (χ1) is 16.4. The summed E-state index contributed by atoms with van der Waals surface area (Å²) in [4.78, 5) is 50.7. The Hall–Kier alpha value is -4.17. The minimum atomic E-state index is -0.578. The molecule has 1 aliphatic heterocycles. The molecule has 0 aromatic heterocycles. The molecule has 1 unspecified atom stereocenters. The maximum absolute atomic E-state index is 12.9. The van der Waals surface area contributed by atoms with Gasteiger partial charge in [0.2, 0.25) is 23.6 Å². The number of primary amides is 1. The molecule has 1 fully saturated rings. The van der Waals surface area contributed by atoms with Crippen LogP contribution in [0.3, 0.4) is 0 Å². The van der Waals surface area contributed by atoms with E-state index in [1.54, 1.807) is 30.3 Å². The normalized spacial score (nSPS) is 15.6. The lowest BCUT2D eigenvalue weighted by Gasteiger charge is -2.15. The number of nitrogens with two attached hydrogens (primary N) is 1. The van der Waals surface area contributed by atoms with Crippen molar-refractivity contribution in [2.45, 2.75) is 16.6 Å². The molecule has 4 rings (SSSR count).